The number of imide groups is 1. The van der Waals surface area contributed by atoms with Gasteiger partial charge < -0.3 is 30.5 Å². The van der Waals surface area contributed by atoms with E-state index in [2.05, 4.69) is 79.7 Å². The van der Waals surface area contributed by atoms with Crippen molar-refractivity contribution in [3.8, 4) is 5.75 Å². The molecule has 4 aliphatic heterocycles. The maximum absolute atomic E-state index is 13.3. The van der Waals surface area contributed by atoms with Crippen molar-refractivity contribution in [2.45, 2.75) is 57.7 Å². The summed E-state index contributed by atoms with van der Waals surface area (Å²) in [6.45, 7) is 7.47. The highest BCUT2D eigenvalue weighted by atomic mass is 35.5. The molecule has 356 valence electrons. The number of amides is 4. The van der Waals surface area contributed by atoms with Gasteiger partial charge in [-0.15, -0.1) is 0 Å². The topological polar surface area (TPSA) is 236 Å². The number of aryl methyl sites for hydroxylation is 1. The van der Waals surface area contributed by atoms with Crippen molar-refractivity contribution in [2.24, 2.45) is 0 Å². The fourth-order valence-corrected chi connectivity index (χ4v) is 10.2. The van der Waals surface area contributed by atoms with E-state index in [9.17, 15) is 27.6 Å². The van der Waals surface area contributed by atoms with Crippen LogP contribution in [-0.4, -0.2) is 138 Å². The summed E-state index contributed by atoms with van der Waals surface area (Å²) >= 11 is 6.56. The number of hydrogen-bond donors (Lipinski definition) is 5. The zero-order chi connectivity index (χ0) is 47.7. The first-order valence-corrected chi connectivity index (χ1v) is 24.8. The molecule has 0 spiro atoms. The fourth-order valence-electron chi connectivity index (χ4n) is 9.50. The molecule has 3 saturated heterocycles. The second-order valence-electron chi connectivity index (χ2n) is 17.3. The number of halogens is 1. The Morgan fingerprint density at radius 1 is 0.926 bits per heavy atom. The summed E-state index contributed by atoms with van der Waals surface area (Å²) in [5, 5.41) is 12.0. The Kier molecular flexibility index (Phi) is 13.3. The van der Waals surface area contributed by atoms with Crippen LogP contribution in [0.2, 0.25) is 5.02 Å². The highest BCUT2D eigenvalue weighted by Gasteiger charge is 2.40. The highest BCUT2D eigenvalue weighted by Crippen LogP contribution is 2.39. The van der Waals surface area contributed by atoms with Crippen LogP contribution < -0.4 is 35.6 Å². The van der Waals surface area contributed by atoms with E-state index in [0.29, 0.717) is 51.0 Å². The zero-order valence-electron chi connectivity index (χ0n) is 37.8. The van der Waals surface area contributed by atoms with Gasteiger partial charge in [0.25, 0.3) is 5.91 Å². The van der Waals surface area contributed by atoms with Gasteiger partial charge in [-0.25, -0.2) is 13.4 Å². The van der Waals surface area contributed by atoms with Gasteiger partial charge in [-0.3, -0.25) is 49.0 Å². The molecule has 5 aromatic rings. The molecular formula is C46H52ClN13O7S. The van der Waals surface area contributed by atoms with Crippen LogP contribution >= 0.6 is 11.6 Å². The van der Waals surface area contributed by atoms with Crippen LogP contribution in [0.1, 0.15) is 54.1 Å². The standard InChI is InChI=1S/C46H52ClN13O7S/c1-4-27-22-35(53-46-50-24-31(47)43(55-46)52-34-9-8-33-41(49-15-14-48-33)42(34)56-68(3,65)66)38(67-2)23-37(27)59-16-12-28(13-17-59)58-20-18-57(19-21-58)26-40(62)51-32-7-5-6-29-30(32)25-60(45(29)64)36-10-11-39(61)54-44(36)63/h5-9,14-15,22-24,28,36,56H,4,10-13,16-21,25-26H2,1-3H3,(H,51,62)(H,54,61,63)(H2,50,52,53,55). The third kappa shape index (κ3) is 9.96. The van der Waals surface area contributed by atoms with E-state index < -0.39 is 22.0 Å². The number of carbonyl (C=O) groups is 4. The molecule has 2 aromatic heterocycles. The number of benzene rings is 3. The van der Waals surface area contributed by atoms with Crippen LogP contribution in [0.4, 0.5) is 40.2 Å². The van der Waals surface area contributed by atoms with Crippen molar-refractivity contribution in [3.63, 3.8) is 0 Å². The van der Waals surface area contributed by atoms with E-state index in [1.807, 2.05) is 0 Å². The summed E-state index contributed by atoms with van der Waals surface area (Å²) in [7, 11) is -2.06. The SMILES string of the molecule is CCc1cc(Nc2ncc(Cl)c(Nc3ccc4nccnc4c3NS(C)(=O)=O)n2)c(OC)cc1N1CCC(N2CCN(CC(=O)Nc3cccc4c3CN(C3CCC(=O)NC3=O)C4=O)CC2)CC1. The molecule has 0 saturated carbocycles. The van der Waals surface area contributed by atoms with Crippen LogP contribution in [0.3, 0.4) is 0 Å². The molecule has 4 aliphatic rings. The van der Waals surface area contributed by atoms with Crippen LogP contribution in [0.5, 0.6) is 5.75 Å². The van der Waals surface area contributed by atoms with Gasteiger partial charge >= 0.3 is 0 Å². The van der Waals surface area contributed by atoms with Crippen molar-refractivity contribution in [1.29, 1.82) is 0 Å². The lowest BCUT2D eigenvalue weighted by Gasteiger charge is -2.43. The first-order valence-electron chi connectivity index (χ1n) is 22.5. The maximum atomic E-state index is 13.3. The van der Waals surface area contributed by atoms with Gasteiger partial charge in [0, 0.05) is 99.2 Å². The van der Waals surface area contributed by atoms with Gasteiger partial charge in [-0.05, 0) is 61.6 Å². The highest BCUT2D eigenvalue weighted by molar-refractivity contribution is 7.92. The Morgan fingerprint density at radius 3 is 2.44 bits per heavy atom. The molecule has 3 aromatic carbocycles. The van der Waals surface area contributed by atoms with E-state index in [4.69, 9.17) is 16.3 Å². The van der Waals surface area contributed by atoms with Crippen molar-refractivity contribution < 1.29 is 32.3 Å². The largest absolute Gasteiger partial charge is 0.494 e. The molecular weight excluding hydrogens is 914 g/mol. The molecule has 1 unspecified atom stereocenters. The predicted molar refractivity (Wildman–Crippen MR) is 258 cm³/mol. The molecule has 0 aliphatic carbocycles. The Balaban J connectivity index is 0.791. The zero-order valence-corrected chi connectivity index (χ0v) is 39.4. The molecule has 4 amide bonds. The third-order valence-electron chi connectivity index (χ3n) is 12.9. The van der Waals surface area contributed by atoms with Crippen molar-refractivity contribution in [1.82, 2.24) is 40.0 Å². The maximum Gasteiger partial charge on any atom is 0.255 e. The van der Waals surface area contributed by atoms with Gasteiger partial charge in [-0.1, -0.05) is 24.6 Å². The lowest BCUT2D eigenvalue weighted by Crippen LogP contribution is -2.54. The minimum Gasteiger partial charge on any atom is -0.494 e. The molecule has 9 rings (SSSR count). The second-order valence-corrected chi connectivity index (χ2v) is 19.4. The number of hydrogen-bond acceptors (Lipinski definition) is 16. The molecule has 6 heterocycles. The first-order chi connectivity index (χ1) is 32.7. The fraction of sp³-hybridized carbons (Fsp3) is 0.391. The lowest BCUT2D eigenvalue weighted by atomic mass is 9.99. The predicted octanol–water partition coefficient (Wildman–Crippen LogP) is 4.49. The van der Waals surface area contributed by atoms with Crippen LogP contribution in [-0.2, 0) is 37.4 Å². The number of piperidine rings is 2. The first kappa shape index (κ1) is 46.4. The molecule has 68 heavy (non-hydrogen) atoms. The van der Waals surface area contributed by atoms with Crippen LogP contribution in [0.25, 0.3) is 11.0 Å². The van der Waals surface area contributed by atoms with E-state index in [1.165, 1.54) is 23.5 Å². The van der Waals surface area contributed by atoms with Gasteiger partial charge in [-0.2, -0.15) is 4.98 Å². The average Bonchev–Trinajstić information content (AvgIpc) is 3.66. The second kappa shape index (κ2) is 19.5. The Bertz CT molecular complexity index is 2910. The average molecular weight is 967 g/mol. The number of fused-ring (bicyclic) bond motifs is 2. The number of piperazine rings is 1. The van der Waals surface area contributed by atoms with E-state index in [-0.39, 0.29) is 66.1 Å². The molecule has 22 heteroatoms. The number of methoxy groups -OCH3 is 1. The third-order valence-corrected chi connectivity index (χ3v) is 13.8. The normalized spacial score (nSPS) is 18.4. The van der Waals surface area contributed by atoms with Crippen LogP contribution in [0, 0.1) is 0 Å². The van der Waals surface area contributed by atoms with E-state index in [0.717, 1.165) is 76.0 Å². The molecule has 3 fully saturated rings. The summed E-state index contributed by atoms with van der Waals surface area (Å²) in [5.74, 6) is -0.167. The number of nitrogens with zero attached hydrogens (tertiary/aromatic N) is 8. The Hall–Kier alpha value is -6.68. The molecule has 1 atom stereocenters. The van der Waals surface area contributed by atoms with Crippen molar-refractivity contribution >= 4 is 96.5 Å². The summed E-state index contributed by atoms with van der Waals surface area (Å²) in [6, 6.07) is 12.4. The van der Waals surface area contributed by atoms with E-state index in [1.54, 1.807) is 37.4 Å². The monoisotopic (exact) mass is 965 g/mol. The molecule has 5 N–H and O–H groups in total. The number of nitrogens with one attached hydrogen (secondary N) is 5. The Morgan fingerprint density at radius 2 is 1.71 bits per heavy atom. The van der Waals surface area contributed by atoms with Gasteiger partial charge in [0.05, 0.1) is 48.7 Å². The number of aromatic nitrogens is 4. The van der Waals surface area contributed by atoms with Crippen molar-refractivity contribution in [3.05, 3.63) is 82.8 Å². The molecule has 0 radical (unpaired) electrons. The molecule has 20 nitrogen and oxygen atoms in total. The van der Waals surface area contributed by atoms with E-state index >= 15 is 0 Å². The Labute approximate surface area is 398 Å². The summed E-state index contributed by atoms with van der Waals surface area (Å²) in [4.78, 5) is 77.1. The van der Waals surface area contributed by atoms with Crippen molar-refractivity contribution in [2.75, 3.05) is 84.8 Å². The summed E-state index contributed by atoms with van der Waals surface area (Å²) in [5.41, 5.74) is 6.02. The van der Waals surface area contributed by atoms with Gasteiger partial charge in [0.1, 0.15) is 22.3 Å². The number of ether oxygens (including phenoxy) is 1. The smallest absolute Gasteiger partial charge is 0.255 e. The number of carbonyl (C=O) groups excluding carboxylic acids is 4. The van der Waals surface area contributed by atoms with Gasteiger partial charge in [0.2, 0.25) is 33.7 Å². The minimum atomic E-state index is -3.68. The number of anilines is 7. The minimum absolute atomic E-state index is 0.161. The molecule has 0 bridgehead atoms. The summed E-state index contributed by atoms with van der Waals surface area (Å²) in [6.07, 6.45) is 8.70. The summed E-state index contributed by atoms with van der Waals surface area (Å²) < 4.78 is 33.1. The van der Waals surface area contributed by atoms with Crippen LogP contribution in [0.15, 0.2) is 61.1 Å². The quantitative estimate of drug-likeness (QED) is 0.0965. The lowest BCUT2D eigenvalue weighted by molar-refractivity contribution is -0.137. The number of sulfonamides is 1. The van der Waals surface area contributed by atoms with Gasteiger partial charge in [0.15, 0.2) is 5.82 Å². The number of rotatable bonds is 14.